The highest BCUT2D eigenvalue weighted by Gasteiger charge is 2.22. The molecule has 0 saturated heterocycles. The lowest BCUT2D eigenvalue weighted by atomic mass is 10.3. The van der Waals surface area contributed by atoms with Crippen LogP contribution in [0, 0.1) is 0 Å². The molecule has 0 bridgehead atoms. The molecular weight excluding hydrogens is 276 g/mol. The van der Waals surface area contributed by atoms with Crippen molar-refractivity contribution in [3.63, 3.8) is 0 Å². The Morgan fingerprint density at radius 3 is 2.30 bits per heavy atom. The first-order valence-electron chi connectivity index (χ1n) is 6.15. The van der Waals surface area contributed by atoms with Crippen molar-refractivity contribution in [1.82, 2.24) is 9.97 Å². The Kier molecular flexibility index (Phi) is 4.19. The molecule has 0 aliphatic rings. The van der Waals surface area contributed by atoms with Crippen LogP contribution in [0.15, 0.2) is 47.6 Å². The van der Waals surface area contributed by atoms with Crippen LogP contribution in [0.4, 0.5) is 11.6 Å². The Morgan fingerprint density at radius 2 is 1.75 bits per heavy atom. The maximum Gasteiger partial charge on any atom is 0.267 e. The fraction of sp³-hybridized carbons (Fsp3) is 0.231. The first-order chi connectivity index (χ1) is 9.55. The number of anilines is 2. The number of nitrogens with zero attached hydrogens (tertiary/aromatic N) is 3. The Balaban J connectivity index is 2.30. The molecule has 6 nitrogen and oxygen atoms in total. The Labute approximate surface area is 118 Å². The number of sulfonamides is 1. The van der Waals surface area contributed by atoms with Gasteiger partial charge in [-0.1, -0.05) is 18.2 Å². The molecule has 0 amide bonds. The van der Waals surface area contributed by atoms with Crippen LogP contribution in [-0.4, -0.2) is 32.0 Å². The van der Waals surface area contributed by atoms with E-state index in [2.05, 4.69) is 15.3 Å². The molecule has 0 aliphatic heterocycles. The highest BCUT2D eigenvalue weighted by molar-refractivity contribution is 7.92. The highest BCUT2D eigenvalue weighted by Crippen LogP contribution is 2.20. The topological polar surface area (TPSA) is 75.2 Å². The molecule has 1 aromatic carbocycles. The number of rotatable bonds is 5. The molecule has 0 spiro atoms. The van der Waals surface area contributed by atoms with E-state index >= 15 is 0 Å². The van der Waals surface area contributed by atoms with Crippen molar-refractivity contribution in [2.75, 3.05) is 23.2 Å². The van der Waals surface area contributed by atoms with E-state index < -0.39 is 10.0 Å². The van der Waals surface area contributed by atoms with Crippen molar-refractivity contribution in [3.8, 4) is 0 Å². The molecule has 0 fully saturated rings. The van der Waals surface area contributed by atoms with Gasteiger partial charge in [0.25, 0.3) is 10.0 Å². The van der Waals surface area contributed by atoms with Gasteiger partial charge in [-0.25, -0.2) is 18.4 Å². The van der Waals surface area contributed by atoms with E-state index in [0.29, 0.717) is 18.2 Å². The van der Waals surface area contributed by atoms with Gasteiger partial charge >= 0.3 is 0 Å². The lowest BCUT2D eigenvalue weighted by molar-refractivity contribution is 0.593. The molecule has 0 unspecified atom stereocenters. The smallest absolute Gasteiger partial charge is 0.267 e. The second-order valence-electron chi connectivity index (χ2n) is 4.08. The second kappa shape index (κ2) is 5.87. The van der Waals surface area contributed by atoms with Crippen molar-refractivity contribution in [3.05, 3.63) is 42.7 Å². The molecular formula is C13H16N4O2S. The zero-order valence-electron chi connectivity index (χ0n) is 11.3. The number of hydrogen-bond acceptors (Lipinski definition) is 5. The van der Waals surface area contributed by atoms with Gasteiger partial charge in [0.1, 0.15) is 4.90 Å². The summed E-state index contributed by atoms with van der Waals surface area (Å²) < 4.78 is 26.1. The second-order valence-corrected chi connectivity index (χ2v) is 6.05. The number of benzene rings is 1. The summed E-state index contributed by atoms with van der Waals surface area (Å²) >= 11 is 0. The average molecular weight is 292 g/mol. The standard InChI is InChI=1S/C13H16N4O2S/c1-3-14-13-15-9-12(10-16-13)20(18,19)17(2)11-7-5-4-6-8-11/h4-10H,3H2,1-2H3,(H,14,15,16). The van der Waals surface area contributed by atoms with Crippen LogP contribution in [-0.2, 0) is 10.0 Å². The van der Waals surface area contributed by atoms with Crippen molar-refractivity contribution >= 4 is 21.7 Å². The van der Waals surface area contributed by atoms with Gasteiger partial charge in [0.15, 0.2) is 0 Å². The van der Waals surface area contributed by atoms with Crippen LogP contribution >= 0.6 is 0 Å². The minimum absolute atomic E-state index is 0.0607. The molecule has 1 N–H and O–H groups in total. The van der Waals surface area contributed by atoms with Crippen LogP contribution in [0.1, 0.15) is 6.92 Å². The summed E-state index contributed by atoms with van der Waals surface area (Å²) in [5.41, 5.74) is 0.586. The third kappa shape index (κ3) is 2.88. The summed E-state index contributed by atoms with van der Waals surface area (Å²) in [6.45, 7) is 2.59. The van der Waals surface area contributed by atoms with Crippen LogP contribution in [0.3, 0.4) is 0 Å². The van der Waals surface area contributed by atoms with Crippen molar-refractivity contribution < 1.29 is 8.42 Å². The third-order valence-corrected chi connectivity index (χ3v) is 4.48. The molecule has 1 aromatic heterocycles. The average Bonchev–Trinajstić information content (AvgIpc) is 2.48. The lowest BCUT2D eigenvalue weighted by Gasteiger charge is -2.19. The predicted molar refractivity (Wildman–Crippen MR) is 78.2 cm³/mol. The molecule has 1 heterocycles. The van der Waals surface area contributed by atoms with Gasteiger partial charge in [-0.2, -0.15) is 0 Å². The monoisotopic (exact) mass is 292 g/mol. The van der Waals surface area contributed by atoms with Crippen LogP contribution < -0.4 is 9.62 Å². The first kappa shape index (κ1) is 14.3. The predicted octanol–water partition coefficient (Wildman–Crippen LogP) is 1.73. The van der Waals surface area contributed by atoms with Gasteiger partial charge in [0.05, 0.1) is 18.1 Å². The summed E-state index contributed by atoms with van der Waals surface area (Å²) in [6.07, 6.45) is 2.61. The largest absolute Gasteiger partial charge is 0.355 e. The van der Waals surface area contributed by atoms with Crippen LogP contribution in [0.2, 0.25) is 0 Å². The maximum absolute atomic E-state index is 12.4. The van der Waals surface area contributed by atoms with E-state index in [4.69, 9.17) is 0 Å². The Hall–Kier alpha value is -2.15. The minimum atomic E-state index is -3.64. The van der Waals surface area contributed by atoms with Gasteiger partial charge in [-0.15, -0.1) is 0 Å². The molecule has 20 heavy (non-hydrogen) atoms. The summed E-state index contributed by atoms with van der Waals surface area (Å²) in [4.78, 5) is 8.03. The first-order valence-corrected chi connectivity index (χ1v) is 7.59. The molecule has 0 saturated carbocycles. The Morgan fingerprint density at radius 1 is 1.15 bits per heavy atom. The van der Waals surface area contributed by atoms with E-state index in [-0.39, 0.29) is 4.90 Å². The third-order valence-electron chi connectivity index (χ3n) is 2.74. The van der Waals surface area contributed by atoms with Crippen LogP contribution in [0.5, 0.6) is 0 Å². The van der Waals surface area contributed by atoms with E-state index in [1.54, 1.807) is 24.3 Å². The zero-order valence-corrected chi connectivity index (χ0v) is 12.1. The molecule has 2 rings (SSSR count). The quantitative estimate of drug-likeness (QED) is 0.908. The summed E-state index contributed by atoms with van der Waals surface area (Å²) in [5.74, 6) is 0.411. The summed E-state index contributed by atoms with van der Waals surface area (Å²) in [5, 5.41) is 2.92. The fourth-order valence-corrected chi connectivity index (χ4v) is 2.72. The van der Waals surface area contributed by atoms with Gasteiger partial charge in [-0.3, -0.25) is 4.31 Å². The van der Waals surface area contributed by atoms with Crippen molar-refractivity contribution in [1.29, 1.82) is 0 Å². The molecule has 7 heteroatoms. The van der Waals surface area contributed by atoms with Crippen LogP contribution in [0.25, 0.3) is 0 Å². The van der Waals surface area contributed by atoms with Gasteiger partial charge in [0, 0.05) is 13.6 Å². The molecule has 0 radical (unpaired) electrons. The number of hydrogen-bond donors (Lipinski definition) is 1. The summed E-state index contributed by atoms with van der Waals surface area (Å²) in [7, 11) is -2.14. The fourth-order valence-electron chi connectivity index (χ4n) is 1.63. The minimum Gasteiger partial charge on any atom is -0.355 e. The SMILES string of the molecule is CCNc1ncc(S(=O)(=O)N(C)c2ccccc2)cn1. The van der Waals surface area contributed by atoms with E-state index in [0.717, 1.165) is 0 Å². The molecule has 0 atom stereocenters. The van der Waals surface area contributed by atoms with Gasteiger partial charge in [0.2, 0.25) is 5.95 Å². The number of nitrogens with one attached hydrogen (secondary N) is 1. The van der Waals surface area contributed by atoms with Crippen molar-refractivity contribution in [2.45, 2.75) is 11.8 Å². The summed E-state index contributed by atoms with van der Waals surface area (Å²) in [6, 6.07) is 8.85. The molecule has 2 aromatic rings. The van der Waals surface area contributed by atoms with Crippen molar-refractivity contribution in [2.24, 2.45) is 0 Å². The number of aromatic nitrogens is 2. The zero-order chi connectivity index (χ0) is 14.6. The van der Waals surface area contributed by atoms with E-state index in [1.165, 1.54) is 23.7 Å². The lowest BCUT2D eigenvalue weighted by Crippen LogP contribution is -2.26. The number of para-hydroxylation sites is 1. The van der Waals surface area contributed by atoms with E-state index in [1.807, 2.05) is 13.0 Å². The van der Waals surface area contributed by atoms with E-state index in [9.17, 15) is 8.42 Å². The van der Waals surface area contributed by atoms with Gasteiger partial charge in [-0.05, 0) is 19.1 Å². The molecule has 106 valence electrons. The normalized spacial score (nSPS) is 11.1. The van der Waals surface area contributed by atoms with Gasteiger partial charge < -0.3 is 5.32 Å². The highest BCUT2D eigenvalue weighted by atomic mass is 32.2. The molecule has 0 aliphatic carbocycles. The Bertz CT molecular complexity index is 657. The maximum atomic E-state index is 12.4.